The number of aromatic carboxylic acids is 1. The Morgan fingerprint density at radius 3 is 2.75 bits per heavy atom. The number of sulfone groups is 1. The first-order valence-corrected chi connectivity index (χ1v) is 6.67. The van der Waals surface area contributed by atoms with Crippen molar-refractivity contribution in [2.24, 2.45) is 0 Å². The van der Waals surface area contributed by atoms with Crippen LogP contribution in [0.5, 0.6) is 0 Å². The monoisotopic (exact) mass is 240 g/mol. The molecule has 0 spiro atoms. The molecule has 1 N–H and O–H groups in total. The molecular formula is C11H12O4S. The van der Waals surface area contributed by atoms with Crippen LogP contribution in [0.4, 0.5) is 0 Å². The summed E-state index contributed by atoms with van der Waals surface area (Å²) in [5.74, 6) is -0.831. The van der Waals surface area contributed by atoms with Crippen LogP contribution in [0.15, 0.2) is 23.1 Å². The molecule has 16 heavy (non-hydrogen) atoms. The molecule has 0 saturated carbocycles. The summed E-state index contributed by atoms with van der Waals surface area (Å²) in [5.41, 5.74) is 0.757. The van der Waals surface area contributed by atoms with Crippen LogP contribution in [0.25, 0.3) is 0 Å². The zero-order valence-electron chi connectivity index (χ0n) is 8.80. The number of carbonyl (C=O) groups is 1. The van der Waals surface area contributed by atoms with Gasteiger partial charge in [-0.05, 0) is 30.0 Å². The van der Waals surface area contributed by atoms with Crippen molar-refractivity contribution in [1.82, 2.24) is 0 Å². The van der Waals surface area contributed by atoms with E-state index in [1.807, 2.05) is 6.92 Å². The molecule has 1 aromatic carbocycles. The Balaban J connectivity index is 2.67. The van der Waals surface area contributed by atoms with E-state index in [1.54, 1.807) is 6.07 Å². The van der Waals surface area contributed by atoms with Gasteiger partial charge in [-0.1, -0.05) is 13.0 Å². The van der Waals surface area contributed by atoms with Gasteiger partial charge in [0.05, 0.1) is 16.2 Å². The van der Waals surface area contributed by atoms with Crippen molar-refractivity contribution in [2.45, 2.75) is 24.2 Å². The molecule has 4 nitrogen and oxygen atoms in total. The molecule has 1 aliphatic heterocycles. The van der Waals surface area contributed by atoms with E-state index in [0.29, 0.717) is 6.42 Å². The normalized spacial score (nSPS) is 22.4. The van der Waals surface area contributed by atoms with Crippen molar-refractivity contribution < 1.29 is 18.3 Å². The largest absolute Gasteiger partial charge is 0.478 e. The van der Waals surface area contributed by atoms with E-state index in [9.17, 15) is 13.2 Å². The van der Waals surface area contributed by atoms with Gasteiger partial charge in [-0.3, -0.25) is 0 Å². The Bertz CT molecular complexity index is 545. The van der Waals surface area contributed by atoms with Crippen LogP contribution in [0.1, 0.15) is 35.2 Å². The predicted molar refractivity (Wildman–Crippen MR) is 58.5 cm³/mol. The zero-order valence-corrected chi connectivity index (χ0v) is 9.62. The number of benzene rings is 1. The summed E-state index contributed by atoms with van der Waals surface area (Å²) in [4.78, 5) is 11.0. The molecule has 0 saturated heterocycles. The molecule has 0 radical (unpaired) electrons. The van der Waals surface area contributed by atoms with Gasteiger partial charge in [0, 0.05) is 0 Å². The third-order valence-corrected chi connectivity index (χ3v) is 4.74. The van der Waals surface area contributed by atoms with E-state index in [0.717, 1.165) is 5.56 Å². The Labute approximate surface area is 93.8 Å². The molecule has 0 fully saturated rings. The second-order valence-corrected chi connectivity index (χ2v) is 6.14. The summed E-state index contributed by atoms with van der Waals surface area (Å²) < 4.78 is 23.6. The van der Waals surface area contributed by atoms with Crippen molar-refractivity contribution in [1.29, 1.82) is 0 Å². The molecule has 1 aliphatic rings. The second-order valence-electron chi connectivity index (χ2n) is 4.07. The molecule has 1 aromatic rings. The molecule has 86 valence electrons. The minimum atomic E-state index is -3.29. The lowest BCUT2D eigenvalue weighted by Gasteiger charge is -2.22. The van der Waals surface area contributed by atoms with E-state index in [-0.39, 0.29) is 22.1 Å². The summed E-state index contributed by atoms with van der Waals surface area (Å²) >= 11 is 0. The van der Waals surface area contributed by atoms with E-state index >= 15 is 0 Å². The van der Waals surface area contributed by atoms with Gasteiger partial charge in [0.1, 0.15) is 0 Å². The minimum absolute atomic E-state index is 0.0245. The number of hydrogen-bond acceptors (Lipinski definition) is 3. The van der Waals surface area contributed by atoms with Gasteiger partial charge >= 0.3 is 5.97 Å². The lowest BCUT2D eigenvalue weighted by atomic mass is 9.97. The molecule has 0 amide bonds. The highest BCUT2D eigenvalue weighted by atomic mass is 32.2. The highest BCUT2D eigenvalue weighted by Gasteiger charge is 2.28. The van der Waals surface area contributed by atoms with Crippen LogP contribution in [0.2, 0.25) is 0 Å². The number of hydrogen-bond donors (Lipinski definition) is 1. The standard InChI is InChI=1S/C11H12O4S/c1-7-4-5-16(14,15)10-6-8(11(12)13)2-3-9(7)10/h2-3,6-7H,4-5H2,1H3,(H,12,13)/t7-/m0/s1. The number of carboxylic acid groups (broad SMARTS) is 1. The highest BCUT2D eigenvalue weighted by Crippen LogP contribution is 2.33. The van der Waals surface area contributed by atoms with Gasteiger partial charge in [-0.25, -0.2) is 13.2 Å². The average Bonchev–Trinajstić information content (AvgIpc) is 2.23. The van der Waals surface area contributed by atoms with Gasteiger partial charge in [-0.2, -0.15) is 0 Å². The maximum atomic E-state index is 11.8. The van der Waals surface area contributed by atoms with Crippen molar-refractivity contribution in [2.75, 3.05) is 5.75 Å². The molecule has 2 rings (SSSR count). The fourth-order valence-electron chi connectivity index (χ4n) is 1.94. The van der Waals surface area contributed by atoms with Crippen LogP contribution < -0.4 is 0 Å². The van der Waals surface area contributed by atoms with Crippen LogP contribution in [-0.2, 0) is 9.84 Å². The fourth-order valence-corrected chi connectivity index (χ4v) is 3.76. The van der Waals surface area contributed by atoms with Crippen LogP contribution >= 0.6 is 0 Å². The first kappa shape index (κ1) is 11.1. The smallest absolute Gasteiger partial charge is 0.335 e. The lowest BCUT2D eigenvalue weighted by Crippen LogP contribution is -2.19. The van der Waals surface area contributed by atoms with Gasteiger partial charge < -0.3 is 5.11 Å². The first-order chi connectivity index (χ1) is 7.42. The van der Waals surface area contributed by atoms with Gasteiger partial charge in [0.25, 0.3) is 0 Å². The van der Waals surface area contributed by atoms with Gasteiger partial charge in [0.2, 0.25) is 0 Å². The van der Waals surface area contributed by atoms with E-state index in [1.165, 1.54) is 12.1 Å². The Hall–Kier alpha value is -1.36. The van der Waals surface area contributed by atoms with E-state index in [2.05, 4.69) is 0 Å². The minimum Gasteiger partial charge on any atom is -0.478 e. The number of fused-ring (bicyclic) bond motifs is 1. The van der Waals surface area contributed by atoms with Gasteiger partial charge in [-0.15, -0.1) is 0 Å². The van der Waals surface area contributed by atoms with E-state index < -0.39 is 15.8 Å². The second kappa shape index (κ2) is 3.59. The summed E-state index contributed by atoms with van der Waals surface area (Å²) in [6, 6.07) is 4.33. The van der Waals surface area contributed by atoms with E-state index in [4.69, 9.17) is 5.11 Å². The highest BCUT2D eigenvalue weighted by molar-refractivity contribution is 7.91. The third kappa shape index (κ3) is 1.71. The molecular weight excluding hydrogens is 228 g/mol. The van der Waals surface area contributed by atoms with Gasteiger partial charge in [0.15, 0.2) is 9.84 Å². The molecule has 1 heterocycles. The predicted octanol–water partition coefficient (Wildman–Crippen LogP) is 1.67. The quantitative estimate of drug-likeness (QED) is 0.810. The summed E-state index contributed by atoms with van der Waals surface area (Å²) in [6.45, 7) is 1.95. The van der Waals surface area contributed by atoms with Crippen LogP contribution in [0.3, 0.4) is 0 Å². The topological polar surface area (TPSA) is 71.4 Å². The molecule has 0 aliphatic carbocycles. The molecule has 0 bridgehead atoms. The molecule has 0 unspecified atom stereocenters. The Morgan fingerprint density at radius 2 is 2.12 bits per heavy atom. The van der Waals surface area contributed by atoms with Crippen molar-refractivity contribution >= 4 is 15.8 Å². The van der Waals surface area contributed by atoms with Crippen molar-refractivity contribution in [3.8, 4) is 0 Å². The van der Waals surface area contributed by atoms with Crippen LogP contribution in [-0.4, -0.2) is 25.2 Å². The fraction of sp³-hybridized carbons (Fsp3) is 0.364. The van der Waals surface area contributed by atoms with Crippen molar-refractivity contribution in [3.05, 3.63) is 29.3 Å². The number of carboxylic acids is 1. The SMILES string of the molecule is C[C@H]1CCS(=O)(=O)c2cc(C(=O)O)ccc21. The lowest BCUT2D eigenvalue weighted by molar-refractivity contribution is 0.0696. The molecule has 5 heteroatoms. The Morgan fingerprint density at radius 1 is 1.44 bits per heavy atom. The Kier molecular flexibility index (Phi) is 2.50. The zero-order chi connectivity index (χ0) is 11.9. The summed E-state index contributed by atoms with van der Waals surface area (Å²) in [5, 5.41) is 8.83. The maximum Gasteiger partial charge on any atom is 0.335 e. The maximum absolute atomic E-state index is 11.8. The summed E-state index contributed by atoms with van der Waals surface area (Å²) in [6.07, 6.45) is 0.599. The molecule has 0 aromatic heterocycles. The average molecular weight is 240 g/mol. The molecule has 1 atom stereocenters. The third-order valence-electron chi connectivity index (χ3n) is 2.95. The summed E-state index contributed by atoms with van der Waals surface area (Å²) in [7, 11) is -3.29. The van der Waals surface area contributed by atoms with Crippen LogP contribution in [0, 0.1) is 0 Å². The van der Waals surface area contributed by atoms with Crippen molar-refractivity contribution in [3.63, 3.8) is 0 Å². The first-order valence-electron chi connectivity index (χ1n) is 5.02. The number of rotatable bonds is 1.